The summed E-state index contributed by atoms with van der Waals surface area (Å²) in [5.74, 6) is 0. The van der Waals surface area contributed by atoms with Gasteiger partial charge >= 0.3 is 0 Å². The molecule has 10 aromatic rings. The second-order valence-electron chi connectivity index (χ2n) is 18.2. The molecular weight excluding hydrogens is 751 g/mol. The lowest BCUT2D eigenvalue weighted by Crippen LogP contribution is -2.27. The number of nitrogens with zero attached hydrogens (tertiary/aromatic N) is 1. The maximum Gasteiger partial charge on any atom is 0.136 e. The first kappa shape index (κ1) is 35.3. The van der Waals surface area contributed by atoms with Crippen LogP contribution < -0.4 is 4.90 Å². The predicted molar refractivity (Wildman–Crippen MR) is 257 cm³/mol. The third-order valence-corrected chi connectivity index (χ3v) is 14.4. The van der Waals surface area contributed by atoms with Crippen LogP contribution in [0.5, 0.6) is 0 Å². The highest BCUT2D eigenvalue weighted by Crippen LogP contribution is 2.64. The second-order valence-corrected chi connectivity index (χ2v) is 18.2. The number of benzene rings is 9. The number of para-hydroxylation sites is 1. The van der Waals surface area contributed by atoms with Crippen LogP contribution >= 0.6 is 0 Å². The predicted octanol–water partition coefficient (Wildman–Crippen LogP) is 16.0. The van der Waals surface area contributed by atoms with Crippen LogP contribution in [0, 0.1) is 13.8 Å². The highest BCUT2D eigenvalue weighted by molar-refractivity contribution is 6.06. The van der Waals surface area contributed by atoms with E-state index in [2.05, 4.69) is 209 Å². The molecule has 0 saturated heterocycles. The molecule has 0 fully saturated rings. The number of furan rings is 1. The van der Waals surface area contributed by atoms with Crippen molar-refractivity contribution in [1.29, 1.82) is 0 Å². The Morgan fingerprint density at radius 1 is 0.387 bits per heavy atom. The third kappa shape index (κ3) is 4.64. The Hall–Kier alpha value is -7.42. The molecule has 13 rings (SSSR count). The van der Waals surface area contributed by atoms with Crippen molar-refractivity contribution in [3.8, 4) is 44.5 Å². The van der Waals surface area contributed by atoms with E-state index in [-0.39, 0.29) is 5.41 Å². The molecule has 9 aromatic carbocycles. The van der Waals surface area contributed by atoms with Crippen molar-refractivity contribution >= 4 is 39.0 Å². The molecule has 3 aliphatic rings. The number of rotatable bonds is 4. The minimum atomic E-state index is -0.446. The molecule has 294 valence electrons. The molecule has 0 aliphatic heterocycles. The minimum Gasteiger partial charge on any atom is -0.456 e. The summed E-state index contributed by atoms with van der Waals surface area (Å²) in [6.45, 7) is 9.29. The summed E-state index contributed by atoms with van der Waals surface area (Å²) in [4.78, 5) is 2.48. The second kappa shape index (κ2) is 12.6. The van der Waals surface area contributed by atoms with E-state index >= 15 is 0 Å². The maximum absolute atomic E-state index is 6.32. The number of anilines is 3. The Balaban J connectivity index is 1.02. The van der Waals surface area contributed by atoms with Gasteiger partial charge in [-0.25, -0.2) is 0 Å². The molecule has 2 heteroatoms. The number of hydrogen-bond donors (Lipinski definition) is 0. The fraction of sp³-hybridized carbons (Fsp3) is 0.100. The monoisotopic (exact) mass is 793 g/mol. The largest absolute Gasteiger partial charge is 0.456 e. The Morgan fingerprint density at radius 3 is 1.63 bits per heavy atom. The van der Waals surface area contributed by atoms with Crippen molar-refractivity contribution in [3.63, 3.8) is 0 Å². The Morgan fingerprint density at radius 2 is 0.919 bits per heavy atom. The lowest BCUT2D eigenvalue weighted by molar-refractivity contribution is 0.660. The SMILES string of the molecule is Cc1cc(C)c2c(c1)-c1ccc(N(c3ccc(-c4ccc5c(c4)oc4ccccc45)cc3)c3ccc4c(c3)C(C)(C)c3ccccc3-4)cc1C21c2ccccc2-c2ccccc21. The van der Waals surface area contributed by atoms with Crippen LogP contribution in [0.15, 0.2) is 192 Å². The molecule has 0 radical (unpaired) electrons. The first-order valence-electron chi connectivity index (χ1n) is 21.8. The van der Waals surface area contributed by atoms with Crippen molar-refractivity contribution in [2.45, 2.75) is 38.5 Å². The van der Waals surface area contributed by atoms with Gasteiger partial charge in [0.2, 0.25) is 0 Å². The van der Waals surface area contributed by atoms with E-state index in [4.69, 9.17) is 4.42 Å². The van der Waals surface area contributed by atoms with Gasteiger partial charge in [0.05, 0.1) is 5.41 Å². The van der Waals surface area contributed by atoms with Crippen LogP contribution in [0.4, 0.5) is 17.1 Å². The summed E-state index contributed by atoms with van der Waals surface area (Å²) in [7, 11) is 0. The number of hydrogen-bond acceptors (Lipinski definition) is 2. The molecule has 0 unspecified atom stereocenters. The standard InChI is InChI=1S/C60H43NO/c1-36-31-37(2)58-50(32-36)47-30-27-42(35-55(47)60(58)52-18-10-6-14-44(52)45-15-7-11-19-53(45)60)61(41-26-29-46-43-13-5-9-17-51(43)59(3,4)54(46)34-41)40-24-21-38(22-25-40)39-23-28-49-48-16-8-12-20-56(48)62-57(49)33-39/h5-35H,1-4H3. The van der Waals surface area contributed by atoms with Crippen molar-refractivity contribution in [3.05, 3.63) is 233 Å². The fourth-order valence-corrected chi connectivity index (χ4v) is 11.8. The first-order chi connectivity index (χ1) is 30.3. The molecule has 1 heterocycles. The molecule has 2 nitrogen and oxygen atoms in total. The highest BCUT2D eigenvalue weighted by Gasteiger charge is 2.52. The lowest BCUT2D eigenvalue weighted by Gasteiger charge is -2.33. The van der Waals surface area contributed by atoms with Gasteiger partial charge < -0.3 is 9.32 Å². The Labute approximate surface area is 362 Å². The molecule has 0 amide bonds. The molecule has 0 saturated carbocycles. The van der Waals surface area contributed by atoms with Gasteiger partial charge in [0.25, 0.3) is 0 Å². The zero-order valence-corrected chi connectivity index (χ0v) is 35.3. The summed E-state index contributed by atoms with van der Waals surface area (Å²) in [5, 5.41) is 2.29. The molecule has 1 spiro atoms. The third-order valence-electron chi connectivity index (χ3n) is 14.4. The average Bonchev–Trinajstić information content (AvgIpc) is 3.98. The zero-order valence-electron chi connectivity index (χ0n) is 35.3. The van der Waals surface area contributed by atoms with E-state index in [1.54, 1.807) is 0 Å². The topological polar surface area (TPSA) is 16.4 Å². The van der Waals surface area contributed by atoms with Crippen molar-refractivity contribution in [2.24, 2.45) is 0 Å². The molecule has 0 atom stereocenters. The minimum absolute atomic E-state index is 0.136. The summed E-state index contributed by atoms with van der Waals surface area (Å²) in [6.07, 6.45) is 0. The van der Waals surface area contributed by atoms with Crippen LogP contribution in [0.2, 0.25) is 0 Å². The quantitative estimate of drug-likeness (QED) is 0.176. The smallest absolute Gasteiger partial charge is 0.136 e. The van der Waals surface area contributed by atoms with Crippen molar-refractivity contribution < 1.29 is 4.42 Å². The zero-order chi connectivity index (χ0) is 41.5. The van der Waals surface area contributed by atoms with E-state index in [1.165, 1.54) is 77.9 Å². The molecule has 0 bridgehead atoms. The van der Waals surface area contributed by atoms with Gasteiger partial charge in [0, 0.05) is 33.2 Å². The van der Waals surface area contributed by atoms with Crippen LogP contribution in [0.25, 0.3) is 66.4 Å². The van der Waals surface area contributed by atoms with Crippen LogP contribution in [0.3, 0.4) is 0 Å². The van der Waals surface area contributed by atoms with Gasteiger partial charge in [0.1, 0.15) is 11.2 Å². The van der Waals surface area contributed by atoms with E-state index in [1.807, 2.05) is 12.1 Å². The summed E-state index contributed by atoms with van der Waals surface area (Å²) in [6, 6.07) is 70.3. The van der Waals surface area contributed by atoms with Crippen LogP contribution in [-0.2, 0) is 10.8 Å². The fourth-order valence-electron chi connectivity index (χ4n) is 11.8. The van der Waals surface area contributed by atoms with Crippen molar-refractivity contribution in [2.75, 3.05) is 4.90 Å². The van der Waals surface area contributed by atoms with Crippen molar-refractivity contribution in [1.82, 2.24) is 0 Å². The van der Waals surface area contributed by atoms with Gasteiger partial charge in [-0.3, -0.25) is 0 Å². The number of aryl methyl sites for hydroxylation is 2. The molecule has 1 aromatic heterocycles. The lowest BCUT2D eigenvalue weighted by atomic mass is 9.69. The van der Waals surface area contributed by atoms with E-state index in [0.29, 0.717) is 0 Å². The van der Waals surface area contributed by atoms with E-state index in [9.17, 15) is 0 Å². The van der Waals surface area contributed by atoms with Gasteiger partial charge in [-0.2, -0.15) is 0 Å². The summed E-state index contributed by atoms with van der Waals surface area (Å²) < 4.78 is 6.32. The van der Waals surface area contributed by atoms with E-state index in [0.717, 1.165) is 50.1 Å². The number of fused-ring (bicyclic) bond motifs is 16. The maximum atomic E-state index is 6.32. The molecule has 3 aliphatic carbocycles. The normalized spacial score (nSPS) is 14.4. The Bertz CT molecular complexity index is 3480. The Kier molecular flexibility index (Phi) is 7.16. The van der Waals surface area contributed by atoms with Crippen LogP contribution in [0.1, 0.15) is 58.4 Å². The highest BCUT2D eigenvalue weighted by atomic mass is 16.3. The van der Waals surface area contributed by atoms with Gasteiger partial charge in [-0.05, 0) is 152 Å². The average molecular weight is 794 g/mol. The summed E-state index contributed by atoms with van der Waals surface area (Å²) >= 11 is 0. The summed E-state index contributed by atoms with van der Waals surface area (Å²) in [5.41, 5.74) is 25.7. The van der Waals surface area contributed by atoms with Gasteiger partial charge in [-0.15, -0.1) is 0 Å². The first-order valence-corrected chi connectivity index (χ1v) is 21.8. The van der Waals surface area contributed by atoms with Crippen LogP contribution in [-0.4, -0.2) is 0 Å². The molecular formula is C60H43NO. The molecule has 0 N–H and O–H groups in total. The van der Waals surface area contributed by atoms with E-state index < -0.39 is 5.41 Å². The van der Waals surface area contributed by atoms with Gasteiger partial charge in [0.15, 0.2) is 0 Å². The molecule has 62 heavy (non-hydrogen) atoms. The van der Waals surface area contributed by atoms with Gasteiger partial charge in [-0.1, -0.05) is 153 Å².